The van der Waals surface area contributed by atoms with E-state index in [-0.39, 0.29) is 11.1 Å². The van der Waals surface area contributed by atoms with Crippen molar-refractivity contribution < 1.29 is 4.79 Å². The first kappa shape index (κ1) is 11.7. The molecule has 0 aliphatic carbocycles. The maximum atomic E-state index is 11.9. The lowest BCUT2D eigenvalue weighted by Crippen LogP contribution is -2.31. The molecule has 0 fully saturated rings. The number of hydrogen-bond donors (Lipinski definition) is 0. The molecular formula is C11H13ClN2O. The summed E-state index contributed by atoms with van der Waals surface area (Å²) in [6.07, 6.45) is 3.24. The molecule has 0 aromatic carbocycles. The molecule has 0 aliphatic heterocycles. The lowest BCUT2D eigenvalue weighted by atomic mass is 10.2. The molecule has 0 bridgehead atoms. The maximum Gasteiger partial charge on any atom is 0.257 e. The first-order valence-electron chi connectivity index (χ1n) is 4.71. The fourth-order valence-electron chi connectivity index (χ4n) is 1.23. The SMILES string of the molecule is C=CCN(CC)C(=O)c1cccnc1Cl. The van der Waals surface area contributed by atoms with Gasteiger partial charge in [-0.3, -0.25) is 4.79 Å². The van der Waals surface area contributed by atoms with E-state index in [0.29, 0.717) is 18.7 Å². The van der Waals surface area contributed by atoms with Crippen LogP contribution in [0.1, 0.15) is 17.3 Å². The van der Waals surface area contributed by atoms with Gasteiger partial charge in [-0.25, -0.2) is 4.98 Å². The predicted molar refractivity (Wildman–Crippen MR) is 61.0 cm³/mol. The Morgan fingerprint density at radius 2 is 2.47 bits per heavy atom. The summed E-state index contributed by atoms with van der Waals surface area (Å²) < 4.78 is 0. The monoisotopic (exact) mass is 224 g/mol. The maximum absolute atomic E-state index is 11.9. The number of likely N-dealkylation sites (N-methyl/N-ethyl adjacent to an activating group) is 1. The second-order valence-electron chi connectivity index (χ2n) is 2.97. The van der Waals surface area contributed by atoms with Crippen molar-refractivity contribution in [2.24, 2.45) is 0 Å². The van der Waals surface area contributed by atoms with E-state index in [9.17, 15) is 4.79 Å². The van der Waals surface area contributed by atoms with E-state index >= 15 is 0 Å². The quantitative estimate of drug-likeness (QED) is 0.581. The molecule has 1 rings (SSSR count). The van der Waals surface area contributed by atoms with Gasteiger partial charge in [0.05, 0.1) is 5.56 Å². The third-order valence-corrected chi connectivity index (χ3v) is 2.31. The van der Waals surface area contributed by atoms with E-state index in [1.807, 2.05) is 6.92 Å². The molecule has 0 radical (unpaired) electrons. The van der Waals surface area contributed by atoms with Crippen LogP contribution in [0.5, 0.6) is 0 Å². The zero-order valence-corrected chi connectivity index (χ0v) is 9.37. The van der Waals surface area contributed by atoms with Crippen molar-refractivity contribution in [1.29, 1.82) is 0 Å². The lowest BCUT2D eigenvalue weighted by molar-refractivity contribution is 0.0782. The average Bonchev–Trinajstić information content (AvgIpc) is 2.25. The average molecular weight is 225 g/mol. The van der Waals surface area contributed by atoms with Crippen molar-refractivity contribution in [3.05, 3.63) is 41.7 Å². The van der Waals surface area contributed by atoms with E-state index < -0.39 is 0 Å². The summed E-state index contributed by atoms with van der Waals surface area (Å²) in [6, 6.07) is 3.37. The van der Waals surface area contributed by atoms with Gasteiger partial charge in [0.15, 0.2) is 0 Å². The van der Waals surface area contributed by atoms with Crippen molar-refractivity contribution in [2.45, 2.75) is 6.92 Å². The summed E-state index contributed by atoms with van der Waals surface area (Å²) in [5, 5.41) is 0.241. The molecule has 0 saturated heterocycles. The van der Waals surface area contributed by atoms with Gasteiger partial charge in [-0.1, -0.05) is 17.7 Å². The second kappa shape index (κ2) is 5.51. The fourth-order valence-corrected chi connectivity index (χ4v) is 1.43. The predicted octanol–water partition coefficient (Wildman–Crippen LogP) is 2.38. The van der Waals surface area contributed by atoms with Crippen LogP contribution in [0.3, 0.4) is 0 Å². The molecule has 0 atom stereocenters. The van der Waals surface area contributed by atoms with E-state index in [0.717, 1.165) is 0 Å². The van der Waals surface area contributed by atoms with Crippen molar-refractivity contribution in [2.75, 3.05) is 13.1 Å². The van der Waals surface area contributed by atoms with Crippen molar-refractivity contribution in [1.82, 2.24) is 9.88 Å². The van der Waals surface area contributed by atoms with Crippen LogP contribution in [0.4, 0.5) is 0 Å². The van der Waals surface area contributed by atoms with Crippen molar-refractivity contribution in [3.63, 3.8) is 0 Å². The van der Waals surface area contributed by atoms with Crippen LogP contribution < -0.4 is 0 Å². The molecule has 1 aromatic heterocycles. The summed E-state index contributed by atoms with van der Waals surface area (Å²) in [4.78, 5) is 17.5. The highest BCUT2D eigenvalue weighted by molar-refractivity contribution is 6.32. The smallest absolute Gasteiger partial charge is 0.257 e. The molecule has 0 spiro atoms. The highest BCUT2D eigenvalue weighted by Crippen LogP contribution is 2.13. The van der Waals surface area contributed by atoms with Gasteiger partial charge >= 0.3 is 0 Å². The normalized spacial score (nSPS) is 9.73. The number of carbonyl (C=O) groups is 1. The molecule has 1 amide bonds. The lowest BCUT2D eigenvalue weighted by Gasteiger charge is -2.19. The highest BCUT2D eigenvalue weighted by Gasteiger charge is 2.15. The van der Waals surface area contributed by atoms with E-state index in [1.165, 1.54) is 0 Å². The number of pyridine rings is 1. The van der Waals surface area contributed by atoms with Crippen LogP contribution in [0.25, 0.3) is 0 Å². The Labute approximate surface area is 94.4 Å². The number of carbonyl (C=O) groups excluding carboxylic acids is 1. The molecule has 0 N–H and O–H groups in total. The van der Waals surface area contributed by atoms with Crippen LogP contribution >= 0.6 is 11.6 Å². The summed E-state index contributed by atoms with van der Waals surface area (Å²) in [6.45, 7) is 6.65. The van der Waals surface area contributed by atoms with Crippen molar-refractivity contribution in [3.8, 4) is 0 Å². The second-order valence-corrected chi connectivity index (χ2v) is 3.33. The molecule has 0 aliphatic rings. The molecule has 1 aromatic rings. The van der Waals surface area contributed by atoms with E-state index in [1.54, 1.807) is 29.3 Å². The first-order chi connectivity index (χ1) is 7.20. The largest absolute Gasteiger partial charge is 0.335 e. The minimum atomic E-state index is -0.115. The molecule has 0 saturated carbocycles. The third-order valence-electron chi connectivity index (χ3n) is 2.01. The summed E-state index contributed by atoms with van der Waals surface area (Å²) >= 11 is 5.84. The topological polar surface area (TPSA) is 33.2 Å². The number of nitrogens with zero attached hydrogens (tertiary/aromatic N) is 2. The number of hydrogen-bond acceptors (Lipinski definition) is 2. The number of rotatable bonds is 4. The van der Waals surface area contributed by atoms with Gasteiger partial charge in [-0.15, -0.1) is 6.58 Å². The van der Waals surface area contributed by atoms with Gasteiger partial charge in [0, 0.05) is 19.3 Å². The highest BCUT2D eigenvalue weighted by atomic mass is 35.5. The zero-order chi connectivity index (χ0) is 11.3. The Kier molecular flexibility index (Phi) is 4.31. The van der Waals surface area contributed by atoms with Gasteiger partial charge in [-0.2, -0.15) is 0 Å². The number of aromatic nitrogens is 1. The Morgan fingerprint density at radius 1 is 1.73 bits per heavy atom. The van der Waals surface area contributed by atoms with Gasteiger partial charge in [0.25, 0.3) is 5.91 Å². The van der Waals surface area contributed by atoms with E-state index in [4.69, 9.17) is 11.6 Å². The third kappa shape index (κ3) is 2.80. The summed E-state index contributed by atoms with van der Waals surface area (Å²) in [5.74, 6) is -0.115. The van der Waals surface area contributed by atoms with Crippen LogP contribution in [-0.4, -0.2) is 28.9 Å². The molecular weight excluding hydrogens is 212 g/mol. The Balaban J connectivity index is 2.92. The van der Waals surface area contributed by atoms with Crippen LogP contribution in [-0.2, 0) is 0 Å². The minimum Gasteiger partial charge on any atom is -0.335 e. The van der Waals surface area contributed by atoms with Crippen LogP contribution in [0.2, 0.25) is 5.15 Å². The molecule has 15 heavy (non-hydrogen) atoms. The summed E-state index contributed by atoms with van der Waals surface area (Å²) in [5.41, 5.74) is 0.433. The molecule has 1 heterocycles. The standard InChI is InChI=1S/C11H13ClN2O/c1-3-8-14(4-2)11(15)9-6-5-7-13-10(9)12/h3,5-7H,1,4,8H2,2H3. The van der Waals surface area contributed by atoms with Gasteiger partial charge in [-0.05, 0) is 19.1 Å². The summed E-state index contributed by atoms with van der Waals surface area (Å²) in [7, 11) is 0. The minimum absolute atomic E-state index is 0.115. The number of amides is 1. The Bertz CT molecular complexity index is 365. The van der Waals surface area contributed by atoms with Crippen molar-refractivity contribution >= 4 is 17.5 Å². The van der Waals surface area contributed by atoms with Gasteiger partial charge in [0.2, 0.25) is 0 Å². The Morgan fingerprint density at radius 3 is 3.00 bits per heavy atom. The molecule has 80 valence electrons. The van der Waals surface area contributed by atoms with Crippen LogP contribution in [0, 0.1) is 0 Å². The van der Waals surface area contributed by atoms with Crippen LogP contribution in [0.15, 0.2) is 31.0 Å². The van der Waals surface area contributed by atoms with Gasteiger partial charge in [0.1, 0.15) is 5.15 Å². The number of halogens is 1. The Hall–Kier alpha value is -1.35. The fraction of sp³-hybridized carbons (Fsp3) is 0.273. The zero-order valence-electron chi connectivity index (χ0n) is 8.61. The van der Waals surface area contributed by atoms with Gasteiger partial charge < -0.3 is 4.90 Å². The molecule has 3 nitrogen and oxygen atoms in total. The molecule has 4 heteroatoms. The first-order valence-corrected chi connectivity index (χ1v) is 5.09. The van der Waals surface area contributed by atoms with E-state index in [2.05, 4.69) is 11.6 Å². The molecule has 0 unspecified atom stereocenters.